The highest BCUT2D eigenvalue weighted by molar-refractivity contribution is 9.10. The van der Waals surface area contributed by atoms with Gasteiger partial charge in [0.25, 0.3) is 5.56 Å². The number of hydrogen-bond donors (Lipinski definition) is 0. The molecule has 0 spiro atoms. The van der Waals surface area contributed by atoms with Crippen LogP contribution in [-0.2, 0) is 4.74 Å². The number of ether oxygens (including phenoxy) is 1. The van der Waals surface area contributed by atoms with Crippen molar-refractivity contribution in [3.8, 4) is 0 Å². The summed E-state index contributed by atoms with van der Waals surface area (Å²) < 4.78 is 7.52. The van der Waals surface area contributed by atoms with Gasteiger partial charge in [-0.15, -0.1) is 0 Å². The summed E-state index contributed by atoms with van der Waals surface area (Å²) in [6.07, 6.45) is 4.51. The molecule has 0 aliphatic carbocycles. The van der Waals surface area contributed by atoms with Crippen LogP contribution in [0.3, 0.4) is 0 Å². The smallest absolute Gasteiger partial charge is 0.283 e. The van der Waals surface area contributed by atoms with Crippen LogP contribution in [-0.4, -0.2) is 16.4 Å². The first-order valence-corrected chi connectivity index (χ1v) is 5.85. The predicted molar refractivity (Wildman–Crippen MR) is 59.8 cm³/mol. The van der Waals surface area contributed by atoms with E-state index >= 15 is 0 Å². The number of rotatable bonds is 1. The largest absolute Gasteiger partial charge is 0.356 e. The Morgan fingerprint density at radius 2 is 2.40 bits per heavy atom. The van der Waals surface area contributed by atoms with Gasteiger partial charge in [0.05, 0.1) is 10.7 Å². The van der Waals surface area contributed by atoms with Crippen LogP contribution < -0.4 is 5.56 Å². The molecule has 1 atom stereocenters. The fraction of sp³-hybridized carbons (Fsp3) is 0.600. The van der Waals surface area contributed by atoms with Crippen molar-refractivity contribution in [2.75, 3.05) is 6.61 Å². The molecule has 1 unspecified atom stereocenters. The Morgan fingerprint density at radius 3 is 3.07 bits per heavy atom. The first-order chi connectivity index (χ1) is 7.20. The highest BCUT2D eigenvalue weighted by Crippen LogP contribution is 2.20. The van der Waals surface area contributed by atoms with E-state index in [1.807, 2.05) is 6.92 Å². The van der Waals surface area contributed by atoms with E-state index in [9.17, 15) is 4.79 Å². The van der Waals surface area contributed by atoms with Gasteiger partial charge in [-0.05, 0) is 47.7 Å². The van der Waals surface area contributed by atoms with E-state index in [1.54, 1.807) is 6.20 Å². The van der Waals surface area contributed by atoms with E-state index in [1.165, 1.54) is 4.68 Å². The molecule has 1 aliphatic heterocycles. The molecule has 5 heteroatoms. The summed E-state index contributed by atoms with van der Waals surface area (Å²) in [6.45, 7) is 2.56. The molecular formula is C10H13BrN2O2. The molecule has 4 nitrogen and oxygen atoms in total. The van der Waals surface area contributed by atoms with Gasteiger partial charge in [-0.2, -0.15) is 9.78 Å². The SMILES string of the molecule is Cc1cnn(C2CCCCO2)c(=O)c1Br. The molecule has 1 aromatic rings. The highest BCUT2D eigenvalue weighted by Gasteiger charge is 2.19. The fourth-order valence-electron chi connectivity index (χ4n) is 1.65. The zero-order chi connectivity index (χ0) is 10.8. The van der Waals surface area contributed by atoms with E-state index < -0.39 is 0 Å². The summed E-state index contributed by atoms with van der Waals surface area (Å²) in [6, 6.07) is 0. The lowest BCUT2D eigenvalue weighted by molar-refractivity contribution is -0.0426. The molecule has 0 radical (unpaired) electrons. The van der Waals surface area contributed by atoms with Crippen LogP contribution in [0.5, 0.6) is 0 Å². The predicted octanol–water partition coefficient (Wildman–Crippen LogP) is 2.01. The minimum atomic E-state index is -0.192. The van der Waals surface area contributed by atoms with Crippen LogP contribution in [0.1, 0.15) is 31.1 Å². The summed E-state index contributed by atoms with van der Waals surface area (Å²) in [4.78, 5) is 11.9. The van der Waals surface area contributed by atoms with E-state index in [4.69, 9.17) is 4.74 Å². The monoisotopic (exact) mass is 272 g/mol. The van der Waals surface area contributed by atoms with Crippen molar-refractivity contribution in [1.82, 2.24) is 9.78 Å². The number of aromatic nitrogens is 2. The van der Waals surface area contributed by atoms with Crippen LogP contribution in [0.2, 0.25) is 0 Å². The summed E-state index contributed by atoms with van der Waals surface area (Å²) in [5, 5.41) is 4.11. The average Bonchev–Trinajstić information content (AvgIpc) is 2.27. The third-order valence-corrected chi connectivity index (χ3v) is 3.51. The van der Waals surface area contributed by atoms with Crippen molar-refractivity contribution in [1.29, 1.82) is 0 Å². The third kappa shape index (κ3) is 2.13. The summed E-state index contributed by atoms with van der Waals surface area (Å²) in [5.41, 5.74) is 0.744. The molecule has 0 N–H and O–H groups in total. The Morgan fingerprint density at radius 1 is 1.60 bits per heavy atom. The third-order valence-electron chi connectivity index (χ3n) is 2.55. The van der Waals surface area contributed by atoms with Crippen molar-refractivity contribution < 1.29 is 4.74 Å². The van der Waals surface area contributed by atoms with Gasteiger partial charge < -0.3 is 4.74 Å². The second-order valence-corrected chi connectivity index (χ2v) is 4.51. The molecule has 1 fully saturated rings. The first kappa shape index (κ1) is 10.8. The zero-order valence-corrected chi connectivity index (χ0v) is 10.2. The molecule has 82 valence electrons. The fourth-order valence-corrected chi connectivity index (χ4v) is 1.93. The van der Waals surface area contributed by atoms with E-state index in [0.717, 1.165) is 24.8 Å². The van der Waals surface area contributed by atoms with Crippen molar-refractivity contribution in [2.45, 2.75) is 32.4 Å². The Kier molecular flexibility index (Phi) is 3.21. The van der Waals surface area contributed by atoms with Gasteiger partial charge in [-0.1, -0.05) is 0 Å². The van der Waals surface area contributed by atoms with Gasteiger partial charge >= 0.3 is 0 Å². The number of halogens is 1. The molecule has 2 heterocycles. The van der Waals surface area contributed by atoms with Crippen LogP contribution in [0.4, 0.5) is 0 Å². The van der Waals surface area contributed by atoms with E-state index in [-0.39, 0.29) is 11.8 Å². The standard InChI is InChI=1S/C10H13BrN2O2/c1-7-6-12-13(10(14)9(7)11)8-4-2-3-5-15-8/h6,8H,2-5H2,1H3. The van der Waals surface area contributed by atoms with Crippen molar-refractivity contribution in [2.24, 2.45) is 0 Å². The molecule has 0 bridgehead atoms. The molecule has 15 heavy (non-hydrogen) atoms. The molecular weight excluding hydrogens is 260 g/mol. The second-order valence-electron chi connectivity index (χ2n) is 3.71. The number of hydrogen-bond acceptors (Lipinski definition) is 3. The minimum absolute atomic E-state index is 0.109. The summed E-state index contributed by atoms with van der Waals surface area (Å²) >= 11 is 3.27. The molecule has 1 aromatic heterocycles. The Hall–Kier alpha value is -0.680. The van der Waals surface area contributed by atoms with Gasteiger partial charge in [0.2, 0.25) is 0 Å². The topological polar surface area (TPSA) is 44.1 Å². The summed E-state index contributed by atoms with van der Waals surface area (Å²) in [7, 11) is 0. The lowest BCUT2D eigenvalue weighted by Crippen LogP contribution is -2.31. The molecule has 0 saturated carbocycles. The maximum Gasteiger partial charge on any atom is 0.283 e. The van der Waals surface area contributed by atoms with Crippen LogP contribution in [0.15, 0.2) is 15.5 Å². The number of nitrogens with zero attached hydrogens (tertiary/aromatic N) is 2. The van der Waals surface area contributed by atoms with Crippen molar-refractivity contribution >= 4 is 15.9 Å². The maximum absolute atomic E-state index is 11.9. The normalized spacial score (nSPS) is 21.6. The molecule has 1 aliphatic rings. The number of aryl methyl sites for hydroxylation is 1. The molecule has 1 saturated heterocycles. The van der Waals surface area contributed by atoms with Gasteiger partial charge in [0, 0.05) is 6.61 Å². The van der Waals surface area contributed by atoms with Crippen LogP contribution in [0, 0.1) is 6.92 Å². The molecule has 2 rings (SSSR count). The van der Waals surface area contributed by atoms with Gasteiger partial charge in [0.1, 0.15) is 0 Å². The van der Waals surface area contributed by atoms with E-state index in [0.29, 0.717) is 11.1 Å². The Bertz CT molecular complexity index is 410. The van der Waals surface area contributed by atoms with Crippen molar-refractivity contribution in [3.05, 3.63) is 26.6 Å². The van der Waals surface area contributed by atoms with Crippen LogP contribution in [0.25, 0.3) is 0 Å². The Balaban J connectivity index is 2.35. The van der Waals surface area contributed by atoms with E-state index in [2.05, 4.69) is 21.0 Å². The second kappa shape index (κ2) is 4.45. The first-order valence-electron chi connectivity index (χ1n) is 5.05. The Labute approximate surface area is 96.4 Å². The van der Waals surface area contributed by atoms with Gasteiger partial charge in [0.15, 0.2) is 6.23 Å². The summed E-state index contributed by atoms with van der Waals surface area (Å²) in [5.74, 6) is 0. The minimum Gasteiger partial charge on any atom is -0.356 e. The maximum atomic E-state index is 11.9. The van der Waals surface area contributed by atoms with Crippen molar-refractivity contribution in [3.63, 3.8) is 0 Å². The molecule has 0 amide bonds. The van der Waals surface area contributed by atoms with Gasteiger partial charge in [-0.3, -0.25) is 4.79 Å². The van der Waals surface area contributed by atoms with Gasteiger partial charge in [-0.25, -0.2) is 0 Å². The molecule has 0 aromatic carbocycles. The quantitative estimate of drug-likeness (QED) is 0.786. The zero-order valence-electron chi connectivity index (χ0n) is 8.57. The lowest BCUT2D eigenvalue weighted by atomic mass is 10.2. The highest BCUT2D eigenvalue weighted by atomic mass is 79.9. The van der Waals surface area contributed by atoms with Crippen LogP contribution >= 0.6 is 15.9 Å². The average molecular weight is 273 g/mol. The lowest BCUT2D eigenvalue weighted by Gasteiger charge is -2.23.